The highest BCUT2D eigenvalue weighted by molar-refractivity contribution is 7.08. The Kier molecular flexibility index (Phi) is 4.35. The second-order valence-corrected chi connectivity index (χ2v) is 7.34. The van der Waals surface area contributed by atoms with Gasteiger partial charge in [-0.3, -0.25) is 14.7 Å². The van der Waals surface area contributed by atoms with Crippen LogP contribution in [0, 0.1) is 12.8 Å². The lowest BCUT2D eigenvalue weighted by Gasteiger charge is -2.21. The van der Waals surface area contributed by atoms with Gasteiger partial charge in [0, 0.05) is 47.7 Å². The molecule has 3 atom stereocenters. The summed E-state index contributed by atoms with van der Waals surface area (Å²) >= 11 is 1.54. The highest BCUT2D eigenvalue weighted by Gasteiger charge is 2.45. The number of carbonyl (C=O) groups excluding carboxylic acids is 1. The number of hydrogen-bond acceptors (Lipinski definition) is 5. The Bertz CT molecular complexity index is 719. The van der Waals surface area contributed by atoms with Crippen molar-refractivity contribution in [2.75, 3.05) is 19.8 Å². The van der Waals surface area contributed by atoms with Gasteiger partial charge in [-0.25, -0.2) is 0 Å². The van der Waals surface area contributed by atoms with E-state index in [4.69, 9.17) is 4.74 Å². The molecule has 2 aliphatic heterocycles. The fraction of sp³-hybridized carbons (Fsp3) is 0.444. The molecule has 1 amide bonds. The van der Waals surface area contributed by atoms with Crippen LogP contribution in [0.15, 0.2) is 35.0 Å². The number of amides is 1. The highest BCUT2D eigenvalue weighted by atomic mass is 32.1. The van der Waals surface area contributed by atoms with Crippen molar-refractivity contribution in [1.29, 1.82) is 0 Å². The van der Waals surface area contributed by atoms with Gasteiger partial charge in [0.15, 0.2) is 0 Å². The molecule has 5 nitrogen and oxygen atoms in total. The van der Waals surface area contributed by atoms with Gasteiger partial charge in [0.05, 0.1) is 18.9 Å². The standard InChI is InChI=1S/C18H21N3O2S/c1-12-3-2-4-14(19-12)7-21-8-16(15-9-23-10-17(15)21)20-18(22)13-5-6-24-11-13/h2-6,11,15-17H,7-10H2,1H3,(H,20,22)/t15-,16-,17-/m1/s1. The Balaban J connectivity index is 1.46. The minimum absolute atomic E-state index is 0.0161. The lowest BCUT2D eigenvalue weighted by molar-refractivity contribution is 0.0915. The molecule has 0 saturated carbocycles. The van der Waals surface area contributed by atoms with E-state index in [0.717, 1.165) is 43.3 Å². The first-order chi connectivity index (χ1) is 11.7. The number of hydrogen-bond donors (Lipinski definition) is 1. The van der Waals surface area contributed by atoms with Crippen LogP contribution in [0.5, 0.6) is 0 Å². The summed E-state index contributed by atoms with van der Waals surface area (Å²) in [6.45, 7) is 5.12. The molecular formula is C18H21N3O2S. The van der Waals surface area contributed by atoms with Crippen LogP contribution < -0.4 is 5.32 Å². The predicted octanol–water partition coefficient (Wildman–Crippen LogP) is 2.08. The van der Waals surface area contributed by atoms with E-state index in [0.29, 0.717) is 12.0 Å². The molecule has 0 unspecified atom stereocenters. The number of ether oxygens (including phenoxy) is 1. The summed E-state index contributed by atoms with van der Waals surface area (Å²) in [5.74, 6) is 0.375. The maximum atomic E-state index is 12.4. The number of nitrogens with zero attached hydrogens (tertiary/aromatic N) is 2. The molecule has 24 heavy (non-hydrogen) atoms. The van der Waals surface area contributed by atoms with E-state index in [1.165, 1.54) is 0 Å². The summed E-state index contributed by atoms with van der Waals surface area (Å²) in [6.07, 6.45) is 0. The third kappa shape index (κ3) is 3.09. The number of fused-ring (bicyclic) bond motifs is 1. The van der Waals surface area contributed by atoms with E-state index >= 15 is 0 Å². The Labute approximate surface area is 145 Å². The molecule has 0 bridgehead atoms. The number of aryl methyl sites for hydroxylation is 1. The van der Waals surface area contributed by atoms with Gasteiger partial charge in [-0.1, -0.05) is 6.07 Å². The highest BCUT2D eigenvalue weighted by Crippen LogP contribution is 2.31. The molecule has 2 aromatic rings. The summed E-state index contributed by atoms with van der Waals surface area (Å²) in [4.78, 5) is 19.4. The monoisotopic (exact) mass is 343 g/mol. The Morgan fingerprint density at radius 3 is 3.12 bits per heavy atom. The van der Waals surface area contributed by atoms with Gasteiger partial charge >= 0.3 is 0 Å². The zero-order valence-electron chi connectivity index (χ0n) is 13.6. The van der Waals surface area contributed by atoms with Crippen LogP contribution >= 0.6 is 11.3 Å². The van der Waals surface area contributed by atoms with Crippen molar-refractivity contribution in [2.45, 2.75) is 25.6 Å². The molecule has 6 heteroatoms. The molecule has 0 aromatic carbocycles. The van der Waals surface area contributed by atoms with Crippen LogP contribution in [0.1, 0.15) is 21.7 Å². The molecular weight excluding hydrogens is 322 g/mol. The summed E-state index contributed by atoms with van der Waals surface area (Å²) in [7, 11) is 0. The number of rotatable bonds is 4. The third-order valence-corrected chi connectivity index (χ3v) is 5.60. The Morgan fingerprint density at radius 2 is 2.33 bits per heavy atom. The number of thiophene rings is 1. The van der Waals surface area contributed by atoms with Crippen molar-refractivity contribution in [2.24, 2.45) is 5.92 Å². The molecule has 2 aliphatic rings. The number of pyridine rings is 1. The Hall–Kier alpha value is -1.76. The molecule has 0 spiro atoms. The molecule has 2 aromatic heterocycles. The molecule has 0 aliphatic carbocycles. The fourth-order valence-electron chi connectivity index (χ4n) is 3.72. The van der Waals surface area contributed by atoms with Gasteiger partial charge in [-0.05, 0) is 30.5 Å². The summed E-state index contributed by atoms with van der Waals surface area (Å²) < 4.78 is 5.69. The topological polar surface area (TPSA) is 54.5 Å². The Morgan fingerprint density at radius 1 is 1.42 bits per heavy atom. The van der Waals surface area contributed by atoms with Gasteiger partial charge in [-0.2, -0.15) is 11.3 Å². The fourth-order valence-corrected chi connectivity index (χ4v) is 4.35. The van der Waals surface area contributed by atoms with E-state index in [1.54, 1.807) is 11.3 Å². The average Bonchev–Trinajstić information content (AvgIpc) is 3.28. The van der Waals surface area contributed by atoms with Crippen LogP contribution in [0.2, 0.25) is 0 Å². The van der Waals surface area contributed by atoms with Crippen molar-refractivity contribution in [3.63, 3.8) is 0 Å². The van der Waals surface area contributed by atoms with Gasteiger partial charge in [0.25, 0.3) is 5.91 Å². The minimum Gasteiger partial charge on any atom is -0.379 e. The summed E-state index contributed by atoms with van der Waals surface area (Å²) in [6, 6.07) is 8.49. The first kappa shape index (κ1) is 15.7. The lowest BCUT2D eigenvalue weighted by Crippen LogP contribution is -2.41. The molecule has 126 valence electrons. The zero-order valence-corrected chi connectivity index (χ0v) is 14.5. The van der Waals surface area contributed by atoms with E-state index in [9.17, 15) is 4.79 Å². The molecule has 4 rings (SSSR count). The van der Waals surface area contributed by atoms with E-state index < -0.39 is 0 Å². The smallest absolute Gasteiger partial charge is 0.252 e. The molecule has 4 heterocycles. The second kappa shape index (κ2) is 6.63. The van der Waals surface area contributed by atoms with Gasteiger partial charge in [-0.15, -0.1) is 0 Å². The van der Waals surface area contributed by atoms with E-state index in [-0.39, 0.29) is 11.9 Å². The third-order valence-electron chi connectivity index (χ3n) is 4.92. The first-order valence-corrected chi connectivity index (χ1v) is 9.22. The van der Waals surface area contributed by atoms with Crippen LogP contribution in [-0.2, 0) is 11.3 Å². The minimum atomic E-state index is 0.0161. The molecule has 2 saturated heterocycles. The van der Waals surface area contributed by atoms with E-state index in [2.05, 4.69) is 21.3 Å². The quantitative estimate of drug-likeness (QED) is 0.923. The maximum Gasteiger partial charge on any atom is 0.252 e. The number of carbonyl (C=O) groups is 1. The van der Waals surface area contributed by atoms with Gasteiger partial charge < -0.3 is 10.1 Å². The van der Waals surface area contributed by atoms with Crippen molar-refractivity contribution in [1.82, 2.24) is 15.2 Å². The van der Waals surface area contributed by atoms with Crippen molar-refractivity contribution < 1.29 is 9.53 Å². The van der Waals surface area contributed by atoms with Crippen LogP contribution in [0.4, 0.5) is 0 Å². The summed E-state index contributed by atoms with van der Waals surface area (Å²) in [5.41, 5.74) is 2.85. The zero-order chi connectivity index (χ0) is 16.5. The van der Waals surface area contributed by atoms with Crippen LogP contribution in [-0.4, -0.2) is 47.6 Å². The largest absolute Gasteiger partial charge is 0.379 e. The number of likely N-dealkylation sites (tertiary alicyclic amines) is 1. The van der Waals surface area contributed by atoms with Crippen LogP contribution in [0.3, 0.4) is 0 Å². The maximum absolute atomic E-state index is 12.4. The number of nitrogens with one attached hydrogen (secondary N) is 1. The van der Waals surface area contributed by atoms with E-state index in [1.807, 2.05) is 35.9 Å². The normalized spacial score (nSPS) is 26.5. The number of aromatic nitrogens is 1. The van der Waals surface area contributed by atoms with Crippen LogP contribution in [0.25, 0.3) is 0 Å². The first-order valence-electron chi connectivity index (χ1n) is 8.28. The molecule has 0 radical (unpaired) electrons. The SMILES string of the molecule is Cc1cccc(CN2C[C@@H](NC(=O)c3ccsc3)[C@H]3COC[C@H]32)n1. The van der Waals surface area contributed by atoms with Gasteiger partial charge in [0.2, 0.25) is 0 Å². The van der Waals surface area contributed by atoms with Crippen molar-refractivity contribution in [3.8, 4) is 0 Å². The molecule has 1 N–H and O–H groups in total. The van der Waals surface area contributed by atoms with Crippen molar-refractivity contribution in [3.05, 3.63) is 52.0 Å². The summed E-state index contributed by atoms with van der Waals surface area (Å²) in [5, 5.41) is 7.03. The predicted molar refractivity (Wildman–Crippen MR) is 93.1 cm³/mol. The average molecular weight is 343 g/mol. The lowest BCUT2D eigenvalue weighted by atomic mass is 9.99. The molecule has 2 fully saturated rings. The van der Waals surface area contributed by atoms with Crippen molar-refractivity contribution >= 4 is 17.2 Å². The van der Waals surface area contributed by atoms with Gasteiger partial charge in [0.1, 0.15) is 0 Å². The second-order valence-electron chi connectivity index (χ2n) is 6.56.